The van der Waals surface area contributed by atoms with Gasteiger partial charge >= 0.3 is 0 Å². The minimum atomic E-state index is 0.513. The lowest BCUT2D eigenvalue weighted by atomic mass is 10.2. The van der Waals surface area contributed by atoms with E-state index in [1.165, 1.54) is 5.01 Å². The Morgan fingerprint density at radius 1 is 1.43 bits per heavy atom. The molecule has 1 heterocycles. The van der Waals surface area contributed by atoms with Gasteiger partial charge in [0.15, 0.2) is 0 Å². The topological polar surface area (TPSA) is 37.0 Å². The van der Waals surface area contributed by atoms with E-state index in [0.29, 0.717) is 12.0 Å². The van der Waals surface area contributed by atoms with Crippen LogP contribution in [-0.2, 0) is 0 Å². The predicted octanol–water partition coefficient (Wildman–Crippen LogP) is 1.44. The van der Waals surface area contributed by atoms with Gasteiger partial charge in [-0.15, -0.1) is 11.3 Å². The molecular formula is C10H19N3S. The van der Waals surface area contributed by atoms with Gasteiger partial charge < -0.3 is 10.6 Å². The van der Waals surface area contributed by atoms with E-state index >= 15 is 0 Å². The number of nitrogens with one attached hydrogen (secondary N) is 2. The molecular weight excluding hydrogens is 194 g/mol. The molecule has 1 aromatic heterocycles. The lowest BCUT2D eigenvalue weighted by Gasteiger charge is -2.13. The van der Waals surface area contributed by atoms with Gasteiger partial charge in [-0.25, -0.2) is 4.98 Å². The highest BCUT2D eigenvalue weighted by atomic mass is 32.1. The molecule has 1 rings (SSSR count). The van der Waals surface area contributed by atoms with Crippen molar-refractivity contribution in [2.45, 2.75) is 25.8 Å². The van der Waals surface area contributed by atoms with E-state index in [1.54, 1.807) is 11.3 Å². The maximum absolute atomic E-state index is 4.30. The second kappa shape index (κ2) is 6.11. The summed E-state index contributed by atoms with van der Waals surface area (Å²) in [6.45, 7) is 6.38. The van der Waals surface area contributed by atoms with E-state index in [-0.39, 0.29) is 0 Å². The van der Waals surface area contributed by atoms with Crippen molar-refractivity contribution in [2.75, 3.05) is 20.1 Å². The number of hydrogen-bond donors (Lipinski definition) is 2. The molecule has 0 aliphatic carbocycles. The number of nitrogens with zero attached hydrogens (tertiary/aromatic N) is 1. The lowest BCUT2D eigenvalue weighted by Crippen LogP contribution is -2.35. The zero-order valence-corrected chi connectivity index (χ0v) is 9.90. The van der Waals surface area contributed by atoms with Crippen molar-refractivity contribution < 1.29 is 0 Å². The molecule has 14 heavy (non-hydrogen) atoms. The molecule has 1 aromatic rings. The van der Waals surface area contributed by atoms with Gasteiger partial charge in [-0.3, -0.25) is 0 Å². The van der Waals surface area contributed by atoms with Gasteiger partial charge in [0.2, 0.25) is 0 Å². The molecule has 0 aliphatic rings. The van der Waals surface area contributed by atoms with Crippen molar-refractivity contribution in [1.29, 1.82) is 0 Å². The summed E-state index contributed by atoms with van der Waals surface area (Å²) in [6, 6.07) is 0.526. The predicted molar refractivity (Wildman–Crippen MR) is 61.9 cm³/mol. The molecule has 0 aliphatic heterocycles. The van der Waals surface area contributed by atoms with E-state index in [9.17, 15) is 0 Å². The summed E-state index contributed by atoms with van der Waals surface area (Å²) >= 11 is 1.73. The zero-order valence-electron chi connectivity index (χ0n) is 9.08. The molecule has 4 heteroatoms. The van der Waals surface area contributed by atoms with Crippen LogP contribution in [0.1, 0.15) is 24.8 Å². The van der Waals surface area contributed by atoms with E-state index in [4.69, 9.17) is 0 Å². The third-order valence-corrected chi connectivity index (χ3v) is 3.27. The van der Waals surface area contributed by atoms with Crippen LogP contribution in [0.5, 0.6) is 0 Å². The molecule has 0 spiro atoms. The summed E-state index contributed by atoms with van der Waals surface area (Å²) in [7, 11) is 1.98. The van der Waals surface area contributed by atoms with Gasteiger partial charge in [0.25, 0.3) is 0 Å². The van der Waals surface area contributed by atoms with Gasteiger partial charge in [0.05, 0.1) is 5.01 Å². The lowest BCUT2D eigenvalue weighted by molar-refractivity contribution is 0.521. The second-order valence-electron chi connectivity index (χ2n) is 3.62. The van der Waals surface area contributed by atoms with Crippen LogP contribution in [-0.4, -0.2) is 31.2 Å². The number of likely N-dealkylation sites (N-methyl/N-ethyl adjacent to an activating group) is 1. The quantitative estimate of drug-likeness (QED) is 0.751. The summed E-state index contributed by atoms with van der Waals surface area (Å²) in [5, 5.41) is 9.87. The van der Waals surface area contributed by atoms with E-state index < -0.39 is 0 Å². The number of thiazole rings is 1. The van der Waals surface area contributed by atoms with E-state index in [0.717, 1.165) is 13.1 Å². The van der Waals surface area contributed by atoms with E-state index in [2.05, 4.69) is 29.5 Å². The fraction of sp³-hybridized carbons (Fsp3) is 0.700. The number of hydrogen-bond acceptors (Lipinski definition) is 4. The first-order chi connectivity index (χ1) is 6.74. The normalized spacial score (nSPS) is 15.4. The number of aromatic nitrogens is 1. The van der Waals surface area contributed by atoms with Crippen molar-refractivity contribution in [3.8, 4) is 0 Å². The van der Waals surface area contributed by atoms with Gasteiger partial charge in [-0.05, 0) is 14.0 Å². The Morgan fingerprint density at radius 2 is 2.21 bits per heavy atom. The number of rotatable bonds is 6. The summed E-state index contributed by atoms with van der Waals surface area (Å²) in [5.41, 5.74) is 0. The zero-order chi connectivity index (χ0) is 10.4. The third-order valence-electron chi connectivity index (χ3n) is 2.27. The van der Waals surface area contributed by atoms with Crippen LogP contribution >= 0.6 is 11.3 Å². The maximum atomic E-state index is 4.30. The Kier molecular flexibility index (Phi) is 5.07. The molecule has 0 saturated carbocycles. The highest BCUT2D eigenvalue weighted by Crippen LogP contribution is 2.16. The average Bonchev–Trinajstić information content (AvgIpc) is 2.70. The highest BCUT2D eigenvalue weighted by molar-refractivity contribution is 7.09. The molecule has 80 valence electrons. The molecule has 0 radical (unpaired) electrons. The second-order valence-corrected chi connectivity index (χ2v) is 4.55. The minimum absolute atomic E-state index is 0.513. The molecule has 2 unspecified atom stereocenters. The summed E-state index contributed by atoms with van der Waals surface area (Å²) in [5.74, 6) is 0.513. The van der Waals surface area contributed by atoms with Crippen LogP contribution in [0.2, 0.25) is 0 Å². The summed E-state index contributed by atoms with van der Waals surface area (Å²) in [6.07, 6.45) is 1.87. The minimum Gasteiger partial charge on any atom is -0.316 e. The largest absolute Gasteiger partial charge is 0.316 e. The van der Waals surface area contributed by atoms with Crippen LogP contribution in [0.4, 0.5) is 0 Å². The fourth-order valence-electron chi connectivity index (χ4n) is 1.18. The fourth-order valence-corrected chi connectivity index (χ4v) is 1.88. The average molecular weight is 213 g/mol. The van der Waals surface area contributed by atoms with Gasteiger partial charge in [0, 0.05) is 36.6 Å². The van der Waals surface area contributed by atoms with Crippen LogP contribution in [0.25, 0.3) is 0 Å². The Morgan fingerprint density at radius 3 is 2.79 bits per heavy atom. The Balaban J connectivity index is 2.19. The molecule has 0 saturated heterocycles. The van der Waals surface area contributed by atoms with Crippen molar-refractivity contribution >= 4 is 11.3 Å². The molecule has 0 amide bonds. The summed E-state index contributed by atoms with van der Waals surface area (Å²) < 4.78 is 0. The monoisotopic (exact) mass is 213 g/mol. The van der Waals surface area contributed by atoms with Crippen LogP contribution in [0.3, 0.4) is 0 Å². The molecule has 2 atom stereocenters. The first-order valence-corrected chi connectivity index (χ1v) is 5.89. The van der Waals surface area contributed by atoms with Gasteiger partial charge in [-0.2, -0.15) is 0 Å². The Labute approximate surface area is 89.9 Å². The molecule has 0 bridgehead atoms. The van der Waals surface area contributed by atoms with Gasteiger partial charge in [-0.1, -0.05) is 6.92 Å². The van der Waals surface area contributed by atoms with Crippen molar-refractivity contribution in [3.63, 3.8) is 0 Å². The molecule has 0 fully saturated rings. The van der Waals surface area contributed by atoms with Crippen molar-refractivity contribution in [1.82, 2.24) is 15.6 Å². The first kappa shape index (κ1) is 11.6. The van der Waals surface area contributed by atoms with Crippen LogP contribution < -0.4 is 10.6 Å². The van der Waals surface area contributed by atoms with Crippen molar-refractivity contribution in [3.05, 3.63) is 16.6 Å². The van der Waals surface area contributed by atoms with Crippen LogP contribution in [0, 0.1) is 0 Å². The Hall–Kier alpha value is -0.450. The third kappa shape index (κ3) is 3.74. The summed E-state index contributed by atoms with van der Waals surface area (Å²) in [4.78, 5) is 4.30. The van der Waals surface area contributed by atoms with Crippen molar-refractivity contribution in [2.24, 2.45) is 0 Å². The van der Waals surface area contributed by atoms with E-state index in [1.807, 2.05) is 18.6 Å². The Bertz CT molecular complexity index is 236. The first-order valence-electron chi connectivity index (χ1n) is 5.01. The maximum Gasteiger partial charge on any atom is 0.0965 e. The van der Waals surface area contributed by atoms with Gasteiger partial charge in [0.1, 0.15) is 0 Å². The van der Waals surface area contributed by atoms with Crippen LogP contribution in [0.15, 0.2) is 11.6 Å². The highest BCUT2D eigenvalue weighted by Gasteiger charge is 2.07. The molecule has 0 aromatic carbocycles. The standard InChI is InChI=1S/C10H19N3S/c1-8(10-13-4-5-14-10)6-12-7-9(2)11-3/h4-5,8-9,11-12H,6-7H2,1-3H3. The SMILES string of the molecule is CNC(C)CNCC(C)c1nccs1. The molecule has 2 N–H and O–H groups in total. The smallest absolute Gasteiger partial charge is 0.0965 e. The molecule has 3 nitrogen and oxygen atoms in total.